The van der Waals surface area contributed by atoms with Crippen LogP contribution in [0.15, 0.2) is 121 Å². The van der Waals surface area contributed by atoms with E-state index in [1.165, 1.54) is 5.56 Å². The predicted molar refractivity (Wildman–Crippen MR) is 175 cm³/mol. The van der Waals surface area contributed by atoms with Gasteiger partial charge in [0.1, 0.15) is 16.9 Å². The van der Waals surface area contributed by atoms with E-state index in [-0.39, 0.29) is 22.7 Å². The monoisotopic (exact) mass is 642 g/mol. The number of ether oxygens (including phenoxy) is 1. The maximum absolute atomic E-state index is 12.7. The lowest BCUT2D eigenvalue weighted by molar-refractivity contribution is 0.248. The van der Waals surface area contributed by atoms with E-state index < -0.39 is 5.63 Å². The van der Waals surface area contributed by atoms with Gasteiger partial charge in [-0.05, 0) is 35.9 Å². The summed E-state index contributed by atoms with van der Waals surface area (Å²) in [4.78, 5) is 35.7. The van der Waals surface area contributed by atoms with Gasteiger partial charge >= 0.3 is 11.6 Å². The molecule has 0 N–H and O–H groups in total. The van der Waals surface area contributed by atoms with E-state index in [2.05, 4.69) is 54.2 Å². The van der Waals surface area contributed by atoms with Crippen molar-refractivity contribution in [3.05, 3.63) is 113 Å². The molecule has 232 valence electrons. The second kappa shape index (κ2) is 12.6. The first-order chi connectivity index (χ1) is 23.1. The van der Waals surface area contributed by atoms with Gasteiger partial charge in [-0.3, -0.25) is 9.88 Å². The van der Waals surface area contributed by atoms with Crippen LogP contribution in [0.5, 0.6) is 11.8 Å². The zero-order chi connectivity index (χ0) is 31.6. The number of fused-ring (bicyclic) bond motifs is 2. The summed E-state index contributed by atoms with van der Waals surface area (Å²) < 4.78 is 17.6. The van der Waals surface area contributed by atoms with Gasteiger partial charge in [-0.15, -0.1) is 10.2 Å². The molecule has 0 atom stereocenters. The molecule has 0 radical (unpaired) electrons. The number of nitrogens with zero attached hydrogens (tertiary/aromatic N) is 8. The second-order valence-corrected chi connectivity index (χ2v) is 11.8. The molecule has 1 aliphatic heterocycles. The van der Waals surface area contributed by atoms with Gasteiger partial charge in [0.25, 0.3) is 11.1 Å². The highest BCUT2D eigenvalue weighted by molar-refractivity contribution is 7.98. The van der Waals surface area contributed by atoms with Crippen LogP contribution in [-0.4, -0.2) is 61.2 Å². The molecule has 47 heavy (non-hydrogen) atoms. The van der Waals surface area contributed by atoms with Crippen LogP contribution < -0.4 is 15.3 Å². The number of pyridine rings is 1. The predicted octanol–water partition coefficient (Wildman–Crippen LogP) is 5.84. The van der Waals surface area contributed by atoms with Crippen molar-refractivity contribution in [1.29, 1.82) is 0 Å². The first-order valence-electron chi connectivity index (χ1n) is 15.0. The molecule has 7 aromatic rings. The zero-order valence-corrected chi connectivity index (χ0v) is 25.7. The fourth-order valence-corrected chi connectivity index (χ4v) is 6.02. The summed E-state index contributed by atoms with van der Waals surface area (Å²) in [6, 6.07) is 28.9. The molecule has 8 rings (SSSR count). The molecule has 1 saturated heterocycles. The smallest absolute Gasteiger partial charge is 0.349 e. The summed E-state index contributed by atoms with van der Waals surface area (Å²) in [7, 11) is 0. The molecule has 0 bridgehead atoms. The molecule has 0 amide bonds. The number of aromatic nitrogens is 6. The minimum atomic E-state index is -0.571. The van der Waals surface area contributed by atoms with Crippen LogP contribution in [0.25, 0.3) is 33.3 Å². The number of hydrogen-bond donors (Lipinski definition) is 0. The number of rotatable bonds is 8. The van der Waals surface area contributed by atoms with Gasteiger partial charge in [0, 0.05) is 61.5 Å². The quantitative estimate of drug-likeness (QED) is 0.184. The van der Waals surface area contributed by atoms with E-state index in [9.17, 15) is 4.79 Å². The summed E-state index contributed by atoms with van der Waals surface area (Å²) in [5.41, 5.74) is 2.14. The third-order valence-electron chi connectivity index (χ3n) is 7.75. The molecule has 0 spiro atoms. The van der Waals surface area contributed by atoms with E-state index in [1.807, 2.05) is 42.5 Å². The van der Waals surface area contributed by atoms with Crippen molar-refractivity contribution in [2.75, 3.05) is 31.1 Å². The summed E-state index contributed by atoms with van der Waals surface area (Å²) in [5.74, 6) is 1.08. The Balaban J connectivity index is 1.08. The highest BCUT2D eigenvalue weighted by Crippen LogP contribution is 2.32. The maximum Gasteiger partial charge on any atom is 0.349 e. The van der Waals surface area contributed by atoms with Crippen LogP contribution in [0.3, 0.4) is 0 Å². The fourth-order valence-electron chi connectivity index (χ4n) is 5.41. The Morgan fingerprint density at radius 1 is 0.809 bits per heavy atom. The molecule has 0 aliphatic carbocycles. The van der Waals surface area contributed by atoms with Crippen molar-refractivity contribution in [3.8, 4) is 23.2 Å². The molecular formula is C34H26N8O4S. The molecule has 12 nitrogen and oxygen atoms in total. The van der Waals surface area contributed by atoms with Crippen molar-refractivity contribution >= 4 is 39.6 Å². The van der Waals surface area contributed by atoms with Crippen molar-refractivity contribution in [2.45, 2.75) is 16.9 Å². The Morgan fingerprint density at radius 2 is 1.62 bits per heavy atom. The molecule has 1 aliphatic rings. The Hall–Kier alpha value is -5.66. The lowest BCUT2D eigenvalue weighted by Gasteiger charge is -2.34. The standard InChI is InChI=1S/C34H26N8O4S/c43-30-25(20-23-10-4-7-13-27(23)44-30)29-39-40-34(46-29)47-33-37-31(42-18-16-41(17-19-42)21-22-8-2-1-3-9-22)36-32(38-33)45-28-14-15-35-26-12-6-5-11-24(26)28/h1-15,20H,16-19,21H2. The molecule has 0 unspecified atom stereocenters. The number of benzene rings is 3. The highest BCUT2D eigenvalue weighted by atomic mass is 32.2. The van der Waals surface area contributed by atoms with Crippen molar-refractivity contribution < 1.29 is 13.6 Å². The molecule has 3 aromatic carbocycles. The van der Waals surface area contributed by atoms with Gasteiger partial charge in [-0.2, -0.15) is 15.0 Å². The second-order valence-electron chi connectivity index (χ2n) is 10.8. The van der Waals surface area contributed by atoms with Crippen LogP contribution >= 0.6 is 11.8 Å². The first-order valence-corrected chi connectivity index (χ1v) is 15.8. The van der Waals surface area contributed by atoms with Gasteiger partial charge in [0.2, 0.25) is 11.1 Å². The minimum Gasteiger partial charge on any atom is -0.423 e. The van der Waals surface area contributed by atoms with Crippen molar-refractivity contribution in [1.82, 2.24) is 35.0 Å². The molecular weight excluding hydrogens is 616 g/mol. The van der Waals surface area contributed by atoms with Crippen molar-refractivity contribution in [2.24, 2.45) is 0 Å². The molecule has 1 fully saturated rings. The molecule has 5 heterocycles. The number of para-hydroxylation sites is 2. The summed E-state index contributed by atoms with van der Waals surface area (Å²) in [6.07, 6.45) is 1.69. The van der Waals surface area contributed by atoms with Crippen LogP contribution in [0, 0.1) is 0 Å². The van der Waals surface area contributed by atoms with Gasteiger partial charge in [-0.1, -0.05) is 60.7 Å². The van der Waals surface area contributed by atoms with E-state index in [1.54, 1.807) is 30.5 Å². The molecule has 4 aromatic heterocycles. The van der Waals surface area contributed by atoms with Gasteiger partial charge in [0.05, 0.1) is 5.52 Å². The largest absolute Gasteiger partial charge is 0.423 e. The van der Waals surface area contributed by atoms with Crippen LogP contribution in [0.1, 0.15) is 5.56 Å². The summed E-state index contributed by atoms with van der Waals surface area (Å²) in [5, 5.41) is 10.3. The van der Waals surface area contributed by atoms with Gasteiger partial charge in [0.15, 0.2) is 0 Å². The lowest BCUT2D eigenvalue weighted by atomic mass is 10.2. The Kier molecular flexibility index (Phi) is 7.73. The van der Waals surface area contributed by atoms with Crippen LogP contribution in [-0.2, 0) is 6.54 Å². The summed E-state index contributed by atoms with van der Waals surface area (Å²) in [6.45, 7) is 4.01. The SMILES string of the molecule is O=c1oc2ccccc2cc1-c1nnc(Sc2nc(Oc3ccnc4ccccc34)nc(N3CCN(Cc4ccccc4)CC3)n2)o1. The van der Waals surface area contributed by atoms with Crippen molar-refractivity contribution in [3.63, 3.8) is 0 Å². The number of hydrogen-bond acceptors (Lipinski definition) is 13. The Morgan fingerprint density at radius 3 is 2.51 bits per heavy atom. The van der Waals surface area contributed by atoms with Gasteiger partial charge < -0.3 is 18.5 Å². The first kappa shape index (κ1) is 28.8. The van der Waals surface area contributed by atoms with E-state index in [4.69, 9.17) is 23.5 Å². The Bertz CT molecular complexity index is 2250. The third kappa shape index (κ3) is 6.26. The van der Waals surface area contributed by atoms with E-state index >= 15 is 0 Å². The normalized spacial score (nSPS) is 13.7. The highest BCUT2D eigenvalue weighted by Gasteiger charge is 2.23. The molecule has 0 saturated carbocycles. The van der Waals surface area contributed by atoms with E-state index in [0.717, 1.165) is 60.8 Å². The molecule has 13 heteroatoms. The minimum absolute atomic E-state index is 0.0375. The topological polar surface area (TPSA) is 136 Å². The average Bonchev–Trinajstić information content (AvgIpc) is 3.57. The van der Waals surface area contributed by atoms with E-state index in [0.29, 0.717) is 22.4 Å². The Labute approximate surface area is 272 Å². The lowest BCUT2D eigenvalue weighted by Crippen LogP contribution is -2.46. The van der Waals surface area contributed by atoms with Gasteiger partial charge in [-0.25, -0.2) is 4.79 Å². The zero-order valence-electron chi connectivity index (χ0n) is 24.9. The number of piperazine rings is 1. The number of anilines is 1. The maximum atomic E-state index is 12.7. The fraction of sp³-hybridized carbons (Fsp3) is 0.147. The van der Waals surface area contributed by atoms with Crippen LogP contribution in [0.4, 0.5) is 5.95 Å². The average molecular weight is 643 g/mol. The summed E-state index contributed by atoms with van der Waals surface area (Å²) >= 11 is 1.06. The third-order valence-corrected chi connectivity index (χ3v) is 8.46. The van der Waals surface area contributed by atoms with Crippen LogP contribution in [0.2, 0.25) is 0 Å².